The van der Waals surface area contributed by atoms with Gasteiger partial charge in [0.25, 0.3) is 5.91 Å². The van der Waals surface area contributed by atoms with Crippen LogP contribution in [-0.2, 0) is 9.59 Å². The quantitative estimate of drug-likeness (QED) is 0.901. The van der Waals surface area contributed by atoms with Crippen LogP contribution in [0.5, 0.6) is 0 Å². The fourth-order valence-corrected chi connectivity index (χ4v) is 2.82. The first kappa shape index (κ1) is 17.0. The summed E-state index contributed by atoms with van der Waals surface area (Å²) in [6.07, 6.45) is -1.16. The topological polar surface area (TPSA) is 84.5 Å². The van der Waals surface area contributed by atoms with E-state index >= 15 is 0 Å². The molecule has 0 aliphatic carbocycles. The van der Waals surface area contributed by atoms with E-state index in [0.29, 0.717) is 16.8 Å². The van der Waals surface area contributed by atoms with Gasteiger partial charge in [0.2, 0.25) is 0 Å². The lowest BCUT2D eigenvalue weighted by atomic mass is 9.90. The first-order valence-corrected chi connectivity index (χ1v) is 7.93. The minimum absolute atomic E-state index is 0.0411. The Morgan fingerprint density at radius 3 is 2.56 bits per heavy atom. The minimum atomic E-state index is -1.16. The molecule has 1 amide bonds. The molecule has 5 nitrogen and oxygen atoms in total. The van der Waals surface area contributed by atoms with E-state index in [9.17, 15) is 14.0 Å². The molecule has 6 heteroatoms. The fourth-order valence-electron chi connectivity index (χ4n) is 2.82. The SMILES string of the molecule is CC(=O)C(C)c1cccc2c1NC(=O)C(N)N=C2c1ccccc1F. The Morgan fingerprint density at radius 1 is 1.20 bits per heavy atom. The molecule has 0 bridgehead atoms. The van der Waals surface area contributed by atoms with Crippen molar-refractivity contribution < 1.29 is 14.0 Å². The molecule has 2 aromatic rings. The van der Waals surface area contributed by atoms with Gasteiger partial charge >= 0.3 is 0 Å². The Bertz CT molecular complexity index is 892. The van der Waals surface area contributed by atoms with E-state index in [1.54, 1.807) is 43.3 Å². The number of carbonyl (C=O) groups excluding carboxylic acids is 2. The summed E-state index contributed by atoms with van der Waals surface area (Å²) in [5, 5.41) is 2.74. The van der Waals surface area contributed by atoms with Crippen molar-refractivity contribution in [1.29, 1.82) is 0 Å². The third kappa shape index (κ3) is 3.08. The summed E-state index contributed by atoms with van der Waals surface area (Å²) in [5.41, 5.74) is 8.01. The number of benzene rings is 2. The second-order valence-electron chi connectivity index (χ2n) is 5.99. The molecule has 0 radical (unpaired) electrons. The molecule has 0 saturated heterocycles. The number of amides is 1. The number of nitrogens with zero attached hydrogens (tertiary/aromatic N) is 1. The maximum absolute atomic E-state index is 14.3. The summed E-state index contributed by atoms with van der Waals surface area (Å²) in [6, 6.07) is 11.4. The van der Waals surface area contributed by atoms with Gasteiger partial charge in [-0.15, -0.1) is 0 Å². The first-order chi connectivity index (χ1) is 11.9. The summed E-state index contributed by atoms with van der Waals surface area (Å²) in [7, 11) is 0. The number of benzodiazepines with no additional fused rings is 1. The highest BCUT2D eigenvalue weighted by Gasteiger charge is 2.28. The Kier molecular flexibility index (Phi) is 4.46. The zero-order valence-electron chi connectivity index (χ0n) is 13.9. The Morgan fingerprint density at radius 2 is 1.88 bits per heavy atom. The molecular formula is C19H18FN3O2. The molecule has 0 saturated carbocycles. The molecule has 2 aromatic carbocycles. The van der Waals surface area contributed by atoms with E-state index in [0.717, 1.165) is 0 Å². The van der Waals surface area contributed by atoms with Crippen molar-refractivity contribution in [3.8, 4) is 0 Å². The minimum Gasteiger partial charge on any atom is -0.322 e. The Balaban J connectivity index is 2.27. The van der Waals surface area contributed by atoms with Gasteiger partial charge in [-0.05, 0) is 24.6 Å². The second kappa shape index (κ2) is 6.57. The molecular weight excluding hydrogens is 321 g/mol. The monoisotopic (exact) mass is 339 g/mol. The van der Waals surface area contributed by atoms with Crippen molar-refractivity contribution in [2.24, 2.45) is 10.7 Å². The molecule has 0 spiro atoms. The molecule has 1 aliphatic heterocycles. The highest BCUT2D eigenvalue weighted by atomic mass is 19.1. The fraction of sp³-hybridized carbons (Fsp3) is 0.211. The van der Waals surface area contributed by atoms with Crippen LogP contribution in [0.3, 0.4) is 0 Å². The zero-order chi connectivity index (χ0) is 18.1. The lowest BCUT2D eigenvalue weighted by Gasteiger charge is -2.18. The van der Waals surface area contributed by atoms with Gasteiger partial charge in [0.15, 0.2) is 6.17 Å². The molecule has 128 valence electrons. The van der Waals surface area contributed by atoms with Gasteiger partial charge in [-0.1, -0.05) is 37.3 Å². The number of rotatable bonds is 3. The number of aliphatic imine (C=N–C) groups is 1. The van der Waals surface area contributed by atoms with Gasteiger partial charge < -0.3 is 11.1 Å². The van der Waals surface area contributed by atoms with E-state index in [1.807, 2.05) is 0 Å². The van der Waals surface area contributed by atoms with Crippen LogP contribution in [0.2, 0.25) is 0 Å². The Hall–Kier alpha value is -2.86. The smallest absolute Gasteiger partial charge is 0.263 e. The average Bonchev–Trinajstić information content (AvgIpc) is 2.71. The molecule has 3 N–H and O–H groups in total. The number of hydrogen-bond donors (Lipinski definition) is 2. The van der Waals surface area contributed by atoms with Crippen molar-refractivity contribution in [2.75, 3.05) is 5.32 Å². The van der Waals surface area contributed by atoms with Crippen LogP contribution in [0.15, 0.2) is 47.5 Å². The van der Waals surface area contributed by atoms with Gasteiger partial charge in [-0.25, -0.2) is 4.39 Å². The number of para-hydroxylation sites is 1. The van der Waals surface area contributed by atoms with E-state index in [1.165, 1.54) is 13.0 Å². The van der Waals surface area contributed by atoms with Crippen LogP contribution in [-0.4, -0.2) is 23.6 Å². The van der Waals surface area contributed by atoms with Gasteiger partial charge in [0, 0.05) is 17.0 Å². The summed E-state index contributed by atoms with van der Waals surface area (Å²) < 4.78 is 14.3. The zero-order valence-corrected chi connectivity index (χ0v) is 13.9. The van der Waals surface area contributed by atoms with Crippen LogP contribution < -0.4 is 11.1 Å². The third-order valence-corrected chi connectivity index (χ3v) is 4.34. The van der Waals surface area contributed by atoms with Crippen molar-refractivity contribution in [1.82, 2.24) is 0 Å². The first-order valence-electron chi connectivity index (χ1n) is 7.93. The number of halogens is 1. The number of anilines is 1. The largest absolute Gasteiger partial charge is 0.322 e. The molecule has 2 atom stereocenters. The number of Topliss-reactive ketones (excluding diaryl/α,β-unsaturated/α-hetero) is 1. The van der Waals surface area contributed by atoms with Crippen LogP contribution in [0, 0.1) is 5.82 Å². The number of hydrogen-bond acceptors (Lipinski definition) is 4. The van der Waals surface area contributed by atoms with Crippen molar-refractivity contribution in [3.63, 3.8) is 0 Å². The van der Waals surface area contributed by atoms with Crippen LogP contribution >= 0.6 is 0 Å². The lowest BCUT2D eigenvalue weighted by Crippen LogP contribution is -2.33. The highest BCUT2D eigenvalue weighted by molar-refractivity contribution is 6.20. The summed E-state index contributed by atoms with van der Waals surface area (Å²) in [4.78, 5) is 28.3. The van der Waals surface area contributed by atoms with Crippen LogP contribution in [0.25, 0.3) is 0 Å². The van der Waals surface area contributed by atoms with E-state index in [-0.39, 0.29) is 17.1 Å². The third-order valence-electron chi connectivity index (χ3n) is 4.34. The maximum atomic E-state index is 14.3. The molecule has 0 fully saturated rings. The van der Waals surface area contributed by atoms with Crippen molar-refractivity contribution >= 4 is 23.1 Å². The van der Waals surface area contributed by atoms with Crippen LogP contribution in [0.4, 0.5) is 10.1 Å². The van der Waals surface area contributed by atoms with E-state index in [2.05, 4.69) is 10.3 Å². The lowest BCUT2D eigenvalue weighted by molar-refractivity contribution is -0.118. The number of fused-ring (bicyclic) bond motifs is 1. The molecule has 1 heterocycles. The van der Waals surface area contributed by atoms with Gasteiger partial charge in [0.1, 0.15) is 11.6 Å². The second-order valence-corrected chi connectivity index (χ2v) is 5.99. The predicted molar refractivity (Wildman–Crippen MR) is 94.2 cm³/mol. The molecule has 0 aromatic heterocycles. The number of nitrogens with one attached hydrogen (secondary N) is 1. The number of ketones is 1. The van der Waals surface area contributed by atoms with E-state index < -0.39 is 23.8 Å². The van der Waals surface area contributed by atoms with Gasteiger partial charge in [-0.2, -0.15) is 0 Å². The average molecular weight is 339 g/mol. The van der Waals surface area contributed by atoms with Gasteiger partial charge in [0.05, 0.1) is 11.4 Å². The molecule has 2 unspecified atom stereocenters. The van der Waals surface area contributed by atoms with Crippen molar-refractivity contribution in [3.05, 3.63) is 65.0 Å². The highest BCUT2D eigenvalue weighted by Crippen LogP contribution is 2.32. The normalized spacial score (nSPS) is 17.8. The number of carbonyl (C=O) groups is 2. The van der Waals surface area contributed by atoms with Crippen molar-refractivity contribution in [2.45, 2.75) is 25.9 Å². The summed E-state index contributed by atoms with van der Waals surface area (Å²) in [5.74, 6) is -1.43. The van der Waals surface area contributed by atoms with E-state index in [4.69, 9.17) is 5.73 Å². The Labute approximate surface area is 144 Å². The van der Waals surface area contributed by atoms with Crippen LogP contribution in [0.1, 0.15) is 36.5 Å². The van der Waals surface area contributed by atoms with Gasteiger partial charge in [-0.3, -0.25) is 14.6 Å². The summed E-state index contributed by atoms with van der Waals surface area (Å²) >= 11 is 0. The maximum Gasteiger partial charge on any atom is 0.263 e. The molecule has 1 aliphatic rings. The summed E-state index contributed by atoms with van der Waals surface area (Å²) in [6.45, 7) is 3.25. The molecule has 25 heavy (non-hydrogen) atoms. The number of nitrogens with two attached hydrogens (primary N) is 1. The molecule has 3 rings (SSSR count). The predicted octanol–water partition coefficient (Wildman–Crippen LogP) is 2.59. The standard InChI is InChI=1S/C19H18FN3O2/c1-10(11(2)24)12-7-5-8-14-16(12)23-19(25)18(21)22-17(14)13-6-3-4-9-15(13)20/h3-10,18H,21H2,1-2H3,(H,23,25).